The number of aromatic nitrogens is 1. The zero-order chi connectivity index (χ0) is 9.76. The van der Waals surface area contributed by atoms with Crippen molar-refractivity contribution in [1.82, 2.24) is 4.98 Å². The molecule has 0 bridgehead atoms. The number of hydrogen-bond acceptors (Lipinski definition) is 2. The quantitative estimate of drug-likeness (QED) is 0.770. The van der Waals surface area contributed by atoms with E-state index in [2.05, 4.69) is 4.98 Å². The fourth-order valence-electron chi connectivity index (χ4n) is 3.01. The van der Waals surface area contributed by atoms with E-state index < -0.39 is 0 Å². The Morgan fingerprint density at radius 2 is 2.07 bits per heavy atom. The van der Waals surface area contributed by atoms with Crippen LogP contribution < -0.4 is 5.73 Å². The average molecular weight is 209 g/mol. The van der Waals surface area contributed by atoms with Crippen LogP contribution in [0.3, 0.4) is 0 Å². The second-order valence-corrected chi connectivity index (χ2v) is 4.87. The van der Waals surface area contributed by atoms with Crippen molar-refractivity contribution < 1.29 is 0 Å². The molecule has 2 fully saturated rings. The molecule has 0 amide bonds. The van der Waals surface area contributed by atoms with Crippen LogP contribution in [0, 0.1) is 11.8 Å². The molecular formula is C11H13ClN2. The van der Waals surface area contributed by atoms with E-state index in [1.54, 1.807) is 6.20 Å². The summed E-state index contributed by atoms with van der Waals surface area (Å²) in [7, 11) is 0. The van der Waals surface area contributed by atoms with Crippen LogP contribution in [0.1, 0.15) is 25.0 Å². The minimum Gasteiger partial charge on any atom is -0.320 e. The molecule has 0 spiro atoms. The molecule has 2 N–H and O–H groups in total. The zero-order valence-electron chi connectivity index (χ0n) is 7.91. The number of rotatable bonds is 1. The Bertz CT molecular complexity index is 350. The minimum atomic E-state index is -0.122. The van der Waals surface area contributed by atoms with Crippen molar-refractivity contribution in [3.63, 3.8) is 0 Å². The molecule has 1 aromatic rings. The molecule has 74 valence electrons. The second-order valence-electron chi connectivity index (χ2n) is 4.44. The molecule has 2 unspecified atom stereocenters. The Kier molecular flexibility index (Phi) is 1.68. The van der Waals surface area contributed by atoms with Crippen molar-refractivity contribution in [1.29, 1.82) is 0 Å². The summed E-state index contributed by atoms with van der Waals surface area (Å²) in [5.74, 6) is 1.35. The number of nitrogens with two attached hydrogens (primary N) is 1. The molecule has 1 heterocycles. The third-order valence-electron chi connectivity index (χ3n) is 3.80. The molecule has 0 radical (unpaired) electrons. The molecular weight excluding hydrogens is 196 g/mol. The molecule has 1 aromatic heterocycles. The van der Waals surface area contributed by atoms with Gasteiger partial charge in [0, 0.05) is 6.20 Å². The monoisotopic (exact) mass is 208 g/mol. The van der Waals surface area contributed by atoms with Crippen molar-refractivity contribution in [3.8, 4) is 0 Å². The van der Waals surface area contributed by atoms with Gasteiger partial charge in [-0.1, -0.05) is 18.0 Å². The molecule has 2 atom stereocenters. The number of pyridine rings is 1. The highest BCUT2D eigenvalue weighted by Crippen LogP contribution is 2.64. The molecule has 2 aliphatic rings. The van der Waals surface area contributed by atoms with Gasteiger partial charge < -0.3 is 5.73 Å². The summed E-state index contributed by atoms with van der Waals surface area (Å²) in [5, 5.41) is 0.683. The Labute approximate surface area is 88.5 Å². The van der Waals surface area contributed by atoms with Crippen LogP contribution in [0.15, 0.2) is 18.3 Å². The van der Waals surface area contributed by atoms with Crippen LogP contribution in [0.5, 0.6) is 0 Å². The molecule has 3 heteroatoms. The standard InChI is InChI=1S/C11H13ClN2/c12-7-4-5-10(14-6-7)11(13)8-2-1-3-9(8)11/h4-6,8-9H,1-3,13H2. The lowest BCUT2D eigenvalue weighted by Crippen LogP contribution is -2.26. The van der Waals surface area contributed by atoms with Gasteiger partial charge in [-0.3, -0.25) is 4.98 Å². The van der Waals surface area contributed by atoms with E-state index in [0.29, 0.717) is 16.9 Å². The molecule has 0 saturated heterocycles. The maximum atomic E-state index is 6.36. The summed E-state index contributed by atoms with van der Waals surface area (Å²) < 4.78 is 0. The summed E-state index contributed by atoms with van der Waals surface area (Å²) in [4.78, 5) is 4.34. The smallest absolute Gasteiger partial charge is 0.0647 e. The fourth-order valence-corrected chi connectivity index (χ4v) is 3.12. The third-order valence-corrected chi connectivity index (χ3v) is 4.03. The van der Waals surface area contributed by atoms with Gasteiger partial charge in [0.1, 0.15) is 0 Å². The van der Waals surface area contributed by atoms with Gasteiger partial charge in [0.25, 0.3) is 0 Å². The van der Waals surface area contributed by atoms with E-state index >= 15 is 0 Å². The van der Waals surface area contributed by atoms with E-state index in [9.17, 15) is 0 Å². The highest BCUT2D eigenvalue weighted by Gasteiger charge is 2.65. The molecule has 2 saturated carbocycles. The summed E-state index contributed by atoms with van der Waals surface area (Å²) in [6.07, 6.45) is 5.57. The second kappa shape index (κ2) is 2.71. The molecule has 3 rings (SSSR count). The van der Waals surface area contributed by atoms with E-state index in [1.807, 2.05) is 12.1 Å². The average Bonchev–Trinajstić information content (AvgIpc) is 2.63. The van der Waals surface area contributed by atoms with Gasteiger partial charge in [-0.2, -0.15) is 0 Å². The normalized spacial score (nSPS) is 39.6. The highest BCUT2D eigenvalue weighted by atomic mass is 35.5. The Morgan fingerprint density at radius 1 is 1.36 bits per heavy atom. The van der Waals surface area contributed by atoms with Crippen LogP contribution in [-0.4, -0.2) is 4.98 Å². The maximum Gasteiger partial charge on any atom is 0.0647 e. The lowest BCUT2D eigenvalue weighted by molar-refractivity contribution is 0.514. The van der Waals surface area contributed by atoms with Crippen molar-refractivity contribution in [3.05, 3.63) is 29.0 Å². The predicted molar refractivity (Wildman–Crippen MR) is 55.9 cm³/mol. The van der Waals surface area contributed by atoms with Crippen LogP contribution >= 0.6 is 11.6 Å². The van der Waals surface area contributed by atoms with Crippen molar-refractivity contribution in [2.75, 3.05) is 0 Å². The summed E-state index contributed by atoms with van der Waals surface area (Å²) in [6.45, 7) is 0. The van der Waals surface area contributed by atoms with Gasteiger partial charge in [0.15, 0.2) is 0 Å². The summed E-state index contributed by atoms with van der Waals surface area (Å²) in [5.41, 5.74) is 7.26. The first kappa shape index (κ1) is 8.69. The van der Waals surface area contributed by atoms with Crippen LogP contribution in [0.2, 0.25) is 5.02 Å². The predicted octanol–water partition coefficient (Wildman–Crippen LogP) is 2.32. The highest BCUT2D eigenvalue weighted by molar-refractivity contribution is 6.30. The topological polar surface area (TPSA) is 38.9 Å². The van der Waals surface area contributed by atoms with Gasteiger partial charge >= 0.3 is 0 Å². The Morgan fingerprint density at radius 3 is 2.64 bits per heavy atom. The van der Waals surface area contributed by atoms with Crippen molar-refractivity contribution in [2.45, 2.75) is 24.8 Å². The van der Waals surface area contributed by atoms with E-state index in [0.717, 1.165) is 5.69 Å². The number of hydrogen-bond donors (Lipinski definition) is 1. The number of fused-ring (bicyclic) bond motifs is 1. The molecule has 14 heavy (non-hydrogen) atoms. The van der Waals surface area contributed by atoms with Gasteiger partial charge in [-0.15, -0.1) is 0 Å². The van der Waals surface area contributed by atoms with E-state index in [1.165, 1.54) is 19.3 Å². The van der Waals surface area contributed by atoms with Crippen LogP contribution in [-0.2, 0) is 5.54 Å². The Hall–Kier alpha value is -0.600. The largest absolute Gasteiger partial charge is 0.320 e. The molecule has 2 aliphatic carbocycles. The summed E-state index contributed by atoms with van der Waals surface area (Å²) in [6, 6.07) is 3.85. The minimum absolute atomic E-state index is 0.122. The first-order valence-corrected chi connectivity index (χ1v) is 5.51. The van der Waals surface area contributed by atoms with Gasteiger partial charge in [-0.05, 0) is 36.8 Å². The lowest BCUT2D eigenvalue weighted by atomic mass is 10.0. The molecule has 2 nitrogen and oxygen atoms in total. The van der Waals surface area contributed by atoms with Gasteiger partial charge in [-0.25, -0.2) is 0 Å². The number of nitrogens with zero attached hydrogens (tertiary/aromatic N) is 1. The van der Waals surface area contributed by atoms with Gasteiger partial charge in [0.05, 0.1) is 16.3 Å². The van der Waals surface area contributed by atoms with E-state index in [-0.39, 0.29) is 5.54 Å². The van der Waals surface area contributed by atoms with Crippen LogP contribution in [0.4, 0.5) is 0 Å². The zero-order valence-corrected chi connectivity index (χ0v) is 8.67. The van der Waals surface area contributed by atoms with E-state index in [4.69, 9.17) is 17.3 Å². The molecule has 0 aliphatic heterocycles. The van der Waals surface area contributed by atoms with Crippen LogP contribution in [0.25, 0.3) is 0 Å². The maximum absolute atomic E-state index is 6.36. The van der Waals surface area contributed by atoms with Gasteiger partial charge in [0.2, 0.25) is 0 Å². The van der Waals surface area contributed by atoms with Crippen molar-refractivity contribution in [2.24, 2.45) is 17.6 Å². The first-order valence-electron chi connectivity index (χ1n) is 5.14. The fraction of sp³-hybridized carbons (Fsp3) is 0.545. The number of halogens is 1. The Balaban J connectivity index is 1.93. The lowest BCUT2D eigenvalue weighted by Gasteiger charge is -2.14. The third kappa shape index (κ3) is 0.984. The summed E-state index contributed by atoms with van der Waals surface area (Å²) >= 11 is 5.80. The first-order chi connectivity index (χ1) is 6.73. The SMILES string of the molecule is NC1(c2ccc(Cl)cn2)C2CCCC21. The van der Waals surface area contributed by atoms with Crippen molar-refractivity contribution >= 4 is 11.6 Å². The molecule has 0 aromatic carbocycles.